The number of nitrogens with two attached hydrogens (primary N) is 1. The molecule has 0 spiro atoms. The number of ether oxygens (including phenoxy) is 2. The molecular formula is C21H18Cl2N2O6S. The molecule has 2 heterocycles. The summed E-state index contributed by atoms with van der Waals surface area (Å²) in [5, 5.41) is 3.54. The van der Waals surface area contributed by atoms with Crippen molar-refractivity contribution in [3.63, 3.8) is 0 Å². The topological polar surface area (TPSA) is 121 Å². The number of halogens is 2. The van der Waals surface area contributed by atoms with E-state index in [0.29, 0.717) is 27.1 Å². The lowest BCUT2D eigenvalue weighted by Crippen LogP contribution is -2.14. The highest BCUT2D eigenvalue weighted by Crippen LogP contribution is 2.34. The van der Waals surface area contributed by atoms with Crippen molar-refractivity contribution >= 4 is 57.3 Å². The van der Waals surface area contributed by atoms with Crippen molar-refractivity contribution in [3.8, 4) is 5.75 Å². The fraction of sp³-hybridized carbons (Fsp3) is 0.190. The SMILES string of the molecule is CCOC(=O)c1c(NC(=O)c2ccc(COc3ccc(Cl)cc3Cl)o2)sc(C(N)=O)c1C. The molecule has 3 aromatic rings. The van der Waals surface area contributed by atoms with Crippen LogP contribution in [0.2, 0.25) is 10.0 Å². The number of furan rings is 1. The number of esters is 1. The highest BCUT2D eigenvalue weighted by molar-refractivity contribution is 7.18. The minimum atomic E-state index is -0.711. The Labute approximate surface area is 197 Å². The molecule has 2 aromatic heterocycles. The maximum atomic E-state index is 12.7. The number of thiophene rings is 1. The van der Waals surface area contributed by atoms with Crippen molar-refractivity contribution in [1.82, 2.24) is 0 Å². The minimum absolute atomic E-state index is 0.0205. The summed E-state index contributed by atoms with van der Waals surface area (Å²) >= 11 is 12.8. The van der Waals surface area contributed by atoms with Gasteiger partial charge in [0.15, 0.2) is 5.76 Å². The summed E-state index contributed by atoms with van der Waals surface area (Å²) in [6.07, 6.45) is 0. The zero-order chi connectivity index (χ0) is 23.4. The first-order chi connectivity index (χ1) is 15.2. The molecule has 1 aromatic carbocycles. The molecule has 168 valence electrons. The van der Waals surface area contributed by atoms with Crippen molar-refractivity contribution in [2.45, 2.75) is 20.5 Å². The van der Waals surface area contributed by atoms with E-state index in [1.807, 2.05) is 0 Å². The number of anilines is 1. The van der Waals surface area contributed by atoms with Crippen LogP contribution in [-0.2, 0) is 11.3 Å². The summed E-state index contributed by atoms with van der Waals surface area (Å²) in [5.74, 6) is -1.25. The van der Waals surface area contributed by atoms with Crippen LogP contribution in [0, 0.1) is 6.92 Å². The highest BCUT2D eigenvalue weighted by atomic mass is 35.5. The summed E-state index contributed by atoms with van der Waals surface area (Å²) in [7, 11) is 0. The molecule has 2 amide bonds. The summed E-state index contributed by atoms with van der Waals surface area (Å²) in [4.78, 5) is 36.8. The van der Waals surface area contributed by atoms with Gasteiger partial charge in [-0.05, 0) is 49.7 Å². The molecule has 0 saturated heterocycles. The molecule has 0 unspecified atom stereocenters. The number of nitrogens with one attached hydrogen (secondary N) is 1. The molecule has 0 aliphatic rings. The lowest BCUT2D eigenvalue weighted by molar-refractivity contribution is 0.0527. The third-order valence-corrected chi connectivity index (χ3v) is 5.98. The van der Waals surface area contributed by atoms with Crippen molar-refractivity contribution < 1.29 is 28.3 Å². The first-order valence-electron chi connectivity index (χ1n) is 9.29. The van der Waals surface area contributed by atoms with Crippen LogP contribution in [0.1, 0.15) is 48.8 Å². The average molecular weight is 497 g/mol. The van der Waals surface area contributed by atoms with Crippen LogP contribution in [0.4, 0.5) is 5.00 Å². The van der Waals surface area contributed by atoms with E-state index in [-0.39, 0.29) is 34.4 Å². The first-order valence-corrected chi connectivity index (χ1v) is 10.9. The third kappa shape index (κ3) is 5.24. The summed E-state index contributed by atoms with van der Waals surface area (Å²) in [5.41, 5.74) is 5.79. The van der Waals surface area contributed by atoms with Crippen molar-refractivity contribution in [3.05, 3.63) is 67.9 Å². The van der Waals surface area contributed by atoms with Gasteiger partial charge in [0.2, 0.25) is 0 Å². The van der Waals surface area contributed by atoms with Gasteiger partial charge < -0.3 is 24.9 Å². The smallest absolute Gasteiger partial charge is 0.341 e. The van der Waals surface area contributed by atoms with Gasteiger partial charge in [0, 0.05) is 5.02 Å². The van der Waals surface area contributed by atoms with E-state index in [0.717, 1.165) is 11.3 Å². The highest BCUT2D eigenvalue weighted by Gasteiger charge is 2.26. The van der Waals surface area contributed by atoms with E-state index >= 15 is 0 Å². The fourth-order valence-corrected chi connectivity index (χ4v) is 4.27. The second kappa shape index (κ2) is 10.1. The second-order valence-electron chi connectivity index (χ2n) is 6.43. The molecule has 8 nitrogen and oxygen atoms in total. The maximum absolute atomic E-state index is 12.7. The van der Waals surface area contributed by atoms with Crippen LogP contribution in [0.15, 0.2) is 34.7 Å². The standard InChI is InChI=1S/C21H18Cl2N2O6S/c1-3-29-21(28)16-10(2)17(18(24)26)32-20(16)25-19(27)15-7-5-12(31-15)9-30-14-6-4-11(22)8-13(14)23/h4-8H,3,9H2,1-2H3,(H2,24,26)(H,25,27). The Morgan fingerprint density at radius 1 is 1.19 bits per heavy atom. The number of carbonyl (C=O) groups is 3. The molecule has 0 radical (unpaired) electrons. The van der Waals surface area contributed by atoms with Crippen molar-refractivity contribution in [1.29, 1.82) is 0 Å². The van der Waals surface area contributed by atoms with Gasteiger partial charge in [-0.25, -0.2) is 4.79 Å². The molecule has 0 saturated carbocycles. The Kier molecular flexibility index (Phi) is 7.44. The number of amides is 2. The number of benzene rings is 1. The number of hydrogen-bond acceptors (Lipinski definition) is 7. The van der Waals surface area contributed by atoms with Crippen LogP contribution in [0.5, 0.6) is 5.75 Å². The van der Waals surface area contributed by atoms with E-state index in [1.54, 1.807) is 38.1 Å². The Bertz CT molecular complexity index is 1190. The largest absolute Gasteiger partial charge is 0.484 e. The molecule has 3 N–H and O–H groups in total. The predicted octanol–water partition coefficient (Wildman–Crippen LogP) is 5.06. The number of primary amides is 1. The molecule has 0 fully saturated rings. The Morgan fingerprint density at radius 2 is 1.94 bits per heavy atom. The van der Waals surface area contributed by atoms with Crippen molar-refractivity contribution in [2.24, 2.45) is 5.73 Å². The van der Waals surface area contributed by atoms with Crippen LogP contribution in [-0.4, -0.2) is 24.4 Å². The molecule has 0 atom stereocenters. The molecule has 0 aliphatic carbocycles. The van der Waals surface area contributed by atoms with Gasteiger partial charge in [-0.15, -0.1) is 11.3 Å². The third-order valence-electron chi connectivity index (χ3n) is 4.23. The first kappa shape index (κ1) is 23.6. The van der Waals surface area contributed by atoms with Crippen molar-refractivity contribution in [2.75, 3.05) is 11.9 Å². The zero-order valence-electron chi connectivity index (χ0n) is 17.0. The lowest BCUT2D eigenvalue weighted by atomic mass is 10.1. The summed E-state index contributed by atoms with van der Waals surface area (Å²) in [6.45, 7) is 3.36. The molecule has 11 heteroatoms. The minimum Gasteiger partial charge on any atom is -0.484 e. The predicted molar refractivity (Wildman–Crippen MR) is 121 cm³/mol. The zero-order valence-corrected chi connectivity index (χ0v) is 19.3. The average Bonchev–Trinajstić information content (AvgIpc) is 3.32. The normalized spacial score (nSPS) is 10.6. The Balaban J connectivity index is 1.75. The van der Waals surface area contributed by atoms with Gasteiger partial charge in [-0.2, -0.15) is 0 Å². The molecule has 32 heavy (non-hydrogen) atoms. The van der Waals surface area contributed by atoms with Gasteiger partial charge in [0.1, 0.15) is 23.1 Å². The molecule has 3 rings (SSSR count). The molecule has 0 bridgehead atoms. The van der Waals surface area contributed by atoms with Crippen LogP contribution in [0.25, 0.3) is 0 Å². The quantitative estimate of drug-likeness (QED) is 0.420. The van der Waals surface area contributed by atoms with Gasteiger partial charge in [-0.1, -0.05) is 23.2 Å². The monoisotopic (exact) mass is 496 g/mol. The summed E-state index contributed by atoms with van der Waals surface area (Å²) < 4.78 is 16.1. The van der Waals surface area contributed by atoms with Gasteiger partial charge in [-0.3, -0.25) is 9.59 Å². The second-order valence-corrected chi connectivity index (χ2v) is 8.29. The number of carbonyl (C=O) groups excluding carboxylic acids is 3. The molecule has 0 aliphatic heterocycles. The lowest BCUT2D eigenvalue weighted by Gasteiger charge is -2.07. The molecular weight excluding hydrogens is 479 g/mol. The summed E-state index contributed by atoms with van der Waals surface area (Å²) in [6, 6.07) is 7.82. The maximum Gasteiger partial charge on any atom is 0.341 e. The van der Waals surface area contributed by atoms with E-state index in [4.69, 9.17) is 42.8 Å². The Hall–Kier alpha value is -3.01. The number of hydrogen-bond donors (Lipinski definition) is 2. The van der Waals surface area contributed by atoms with E-state index < -0.39 is 17.8 Å². The van der Waals surface area contributed by atoms with E-state index in [2.05, 4.69) is 5.32 Å². The Morgan fingerprint density at radius 3 is 2.59 bits per heavy atom. The number of rotatable bonds is 8. The van der Waals surface area contributed by atoms with E-state index in [9.17, 15) is 14.4 Å². The van der Waals surface area contributed by atoms with Crippen LogP contribution >= 0.6 is 34.5 Å². The van der Waals surface area contributed by atoms with Gasteiger partial charge in [0.05, 0.1) is 22.1 Å². The van der Waals surface area contributed by atoms with Gasteiger partial charge in [0.25, 0.3) is 11.8 Å². The van der Waals surface area contributed by atoms with E-state index in [1.165, 1.54) is 6.07 Å². The van der Waals surface area contributed by atoms with Crippen LogP contribution in [0.3, 0.4) is 0 Å². The van der Waals surface area contributed by atoms with Gasteiger partial charge >= 0.3 is 5.97 Å². The van der Waals surface area contributed by atoms with Crippen LogP contribution < -0.4 is 15.8 Å². The fourth-order valence-electron chi connectivity index (χ4n) is 2.77.